The van der Waals surface area contributed by atoms with Crippen molar-refractivity contribution in [3.05, 3.63) is 0 Å². The van der Waals surface area contributed by atoms with E-state index < -0.39 is 0 Å². The van der Waals surface area contributed by atoms with Crippen LogP contribution in [0.25, 0.3) is 0 Å². The first-order valence-electron chi connectivity index (χ1n) is 13.0. The van der Waals surface area contributed by atoms with Gasteiger partial charge in [-0.25, -0.2) is 0 Å². The summed E-state index contributed by atoms with van der Waals surface area (Å²) in [5, 5.41) is 7.00. The van der Waals surface area contributed by atoms with E-state index in [2.05, 4.69) is 24.5 Å². The Hall–Kier alpha value is -1.06. The van der Waals surface area contributed by atoms with Crippen molar-refractivity contribution in [1.82, 2.24) is 10.6 Å². The Bertz CT molecular complexity index is 621. The number of amides is 2. The first-order valence-corrected chi connectivity index (χ1v) is 13.0. The quantitative estimate of drug-likeness (QED) is 0.683. The van der Waals surface area contributed by atoms with Crippen molar-refractivity contribution in [1.29, 1.82) is 0 Å². The molecule has 6 saturated carbocycles. The summed E-state index contributed by atoms with van der Waals surface area (Å²) in [6, 6.07) is 0.680. The van der Waals surface area contributed by atoms with Gasteiger partial charge in [-0.1, -0.05) is 39.5 Å². The molecule has 0 aromatic carbocycles. The highest BCUT2D eigenvalue weighted by Gasteiger charge is 2.63. The van der Waals surface area contributed by atoms with E-state index in [1.54, 1.807) is 0 Å². The van der Waals surface area contributed by atoms with E-state index in [1.165, 1.54) is 44.9 Å². The van der Waals surface area contributed by atoms with Gasteiger partial charge in [0, 0.05) is 12.1 Å². The van der Waals surface area contributed by atoms with Crippen LogP contribution in [0, 0.1) is 34.5 Å². The zero-order valence-corrected chi connectivity index (χ0v) is 19.2. The predicted octanol–water partition coefficient (Wildman–Crippen LogP) is 4.96. The molecule has 6 aliphatic rings. The Morgan fingerprint density at radius 2 is 1.07 bits per heavy atom. The fourth-order valence-electron chi connectivity index (χ4n) is 8.50. The smallest absolute Gasteiger partial charge is 0.226 e. The number of nitrogens with one attached hydrogen (secondary N) is 2. The van der Waals surface area contributed by atoms with Crippen LogP contribution in [0.5, 0.6) is 0 Å². The molecule has 4 atom stereocenters. The number of carbonyl (C=O) groups is 2. The van der Waals surface area contributed by atoms with Gasteiger partial charge in [0.2, 0.25) is 11.8 Å². The van der Waals surface area contributed by atoms with E-state index >= 15 is 0 Å². The van der Waals surface area contributed by atoms with E-state index in [9.17, 15) is 9.59 Å². The Morgan fingerprint density at radius 1 is 0.667 bits per heavy atom. The molecule has 0 spiro atoms. The van der Waals surface area contributed by atoms with Gasteiger partial charge in [-0.05, 0) is 87.9 Å². The number of carbonyl (C=O) groups excluding carboxylic acids is 2. The maximum Gasteiger partial charge on any atom is 0.226 e. The molecule has 6 rings (SSSR count). The highest BCUT2D eigenvalue weighted by atomic mass is 16.2. The van der Waals surface area contributed by atoms with Crippen LogP contribution in [0.15, 0.2) is 0 Å². The molecule has 30 heavy (non-hydrogen) atoms. The maximum atomic E-state index is 13.7. The summed E-state index contributed by atoms with van der Waals surface area (Å²) in [7, 11) is 0. The van der Waals surface area contributed by atoms with Crippen LogP contribution in [0.3, 0.4) is 0 Å². The molecule has 4 nitrogen and oxygen atoms in total. The van der Waals surface area contributed by atoms with Crippen molar-refractivity contribution in [2.75, 3.05) is 0 Å². The van der Waals surface area contributed by atoms with Gasteiger partial charge in [0.1, 0.15) is 0 Å². The molecular weight excluding hydrogens is 372 g/mol. The zero-order chi connectivity index (χ0) is 20.9. The Labute approximate surface area is 182 Å². The fourth-order valence-corrected chi connectivity index (χ4v) is 8.50. The molecule has 0 aromatic rings. The SMILES string of the molecule is CC1CCCCC1NC(=O)C12CC3CC(C1)CC(C(=O)NC1CCCCC1C)(C3)C2. The standard InChI is InChI=1S/C26H42N2O2/c1-17-7-3-5-9-21(17)27-23(29)25-12-19-11-20(13-25)15-26(14-19,16-25)24(30)28-22-10-6-4-8-18(22)2/h17-22H,3-16H2,1-2H3,(H,27,29)(H,28,30). The van der Waals surface area contributed by atoms with Gasteiger partial charge >= 0.3 is 0 Å². The second-order valence-corrected chi connectivity index (χ2v) is 12.2. The molecule has 0 aliphatic heterocycles. The van der Waals surface area contributed by atoms with Gasteiger partial charge in [0.25, 0.3) is 0 Å². The van der Waals surface area contributed by atoms with Crippen LogP contribution >= 0.6 is 0 Å². The van der Waals surface area contributed by atoms with Gasteiger partial charge < -0.3 is 10.6 Å². The zero-order valence-electron chi connectivity index (χ0n) is 19.2. The molecule has 2 amide bonds. The molecule has 6 fully saturated rings. The van der Waals surface area contributed by atoms with E-state index in [0.29, 0.717) is 47.6 Å². The highest BCUT2D eigenvalue weighted by molar-refractivity contribution is 5.88. The van der Waals surface area contributed by atoms with Crippen LogP contribution in [-0.4, -0.2) is 23.9 Å². The number of rotatable bonds is 4. The summed E-state index contributed by atoms with van der Waals surface area (Å²) in [5.74, 6) is 2.88. The Balaban J connectivity index is 1.33. The van der Waals surface area contributed by atoms with Gasteiger partial charge in [-0.3, -0.25) is 9.59 Å². The molecule has 0 radical (unpaired) electrons. The maximum absolute atomic E-state index is 13.7. The summed E-state index contributed by atoms with van der Waals surface area (Å²) in [5.41, 5.74) is -0.562. The molecule has 0 saturated heterocycles. The molecule has 0 aromatic heterocycles. The first kappa shape index (κ1) is 20.8. The molecule has 4 unspecified atom stereocenters. The molecule has 2 N–H and O–H groups in total. The van der Waals surface area contributed by atoms with Crippen molar-refractivity contribution in [3.8, 4) is 0 Å². The molecule has 0 heterocycles. The lowest BCUT2D eigenvalue weighted by atomic mass is 9.43. The monoisotopic (exact) mass is 414 g/mol. The molecular formula is C26H42N2O2. The molecule has 4 bridgehead atoms. The minimum atomic E-state index is -0.281. The minimum absolute atomic E-state index is 0.281. The normalized spacial score (nSPS) is 47.7. The van der Waals surface area contributed by atoms with Crippen LogP contribution in [0.1, 0.15) is 104 Å². The van der Waals surface area contributed by atoms with Crippen LogP contribution in [-0.2, 0) is 9.59 Å². The number of hydrogen-bond donors (Lipinski definition) is 2. The predicted molar refractivity (Wildman–Crippen MR) is 119 cm³/mol. The van der Waals surface area contributed by atoms with E-state index in [4.69, 9.17) is 0 Å². The largest absolute Gasteiger partial charge is 0.353 e. The second-order valence-electron chi connectivity index (χ2n) is 12.2. The van der Waals surface area contributed by atoms with E-state index in [1.807, 2.05) is 0 Å². The highest BCUT2D eigenvalue weighted by Crippen LogP contribution is 2.65. The van der Waals surface area contributed by atoms with Crippen molar-refractivity contribution in [2.24, 2.45) is 34.5 Å². The third-order valence-corrected chi connectivity index (χ3v) is 9.88. The average molecular weight is 415 g/mol. The minimum Gasteiger partial charge on any atom is -0.353 e. The summed E-state index contributed by atoms with van der Waals surface area (Å²) >= 11 is 0. The fraction of sp³-hybridized carbons (Fsp3) is 0.923. The number of hydrogen-bond acceptors (Lipinski definition) is 2. The molecule has 168 valence electrons. The van der Waals surface area contributed by atoms with Crippen molar-refractivity contribution in [2.45, 2.75) is 116 Å². The van der Waals surface area contributed by atoms with Crippen molar-refractivity contribution in [3.63, 3.8) is 0 Å². The van der Waals surface area contributed by atoms with Gasteiger partial charge in [0.05, 0.1) is 10.8 Å². The first-order chi connectivity index (χ1) is 14.4. The average Bonchev–Trinajstić information content (AvgIpc) is 2.70. The van der Waals surface area contributed by atoms with Crippen LogP contribution in [0.2, 0.25) is 0 Å². The van der Waals surface area contributed by atoms with Crippen LogP contribution < -0.4 is 10.6 Å². The van der Waals surface area contributed by atoms with E-state index in [-0.39, 0.29) is 10.8 Å². The van der Waals surface area contributed by atoms with Crippen molar-refractivity contribution < 1.29 is 9.59 Å². The van der Waals surface area contributed by atoms with Gasteiger partial charge in [-0.15, -0.1) is 0 Å². The topological polar surface area (TPSA) is 58.2 Å². The Morgan fingerprint density at radius 3 is 1.47 bits per heavy atom. The summed E-state index contributed by atoms with van der Waals surface area (Å²) in [4.78, 5) is 27.3. The molecule has 4 heteroatoms. The third-order valence-electron chi connectivity index (χ3n) is 9.88. The summed E-state index contributed by atoms with van der Waals surface area (Å²) in [6.07, 6.45) is 15.9. The van der Waals surface area contributed by atoms with Crippen molar-refractivity contribution >= 4 is 11.8 Å². The lowest BCUT2D eigenvalue weighted by molar-refractivity contribution is -0.168. The third kappa shape index (κ3) is 3.60. The molecule has 6 aliphatic carbocycles. The second kappa shape index (κ2) is 7.81. The lowest BCUT2D eigenvalue weighted by Gasteiger charge is -2.60. The lowest BCUT2D eigenvalue weighted by Crippen LogP contribution is -2.63. The summed E-state index contributed by atoms with van der Waals surface area (Å²) < 4.78 is 0. The van der Waals surface area contributed by atoms with Gasteiger partial charge in [0.15, 0.2) is 0 Å². The summed E-state index contributed by atoms with van der Waals surface area (Å²) in [6.45, 7) is 4.59. The van der Waals surface area contributed by atoms with Crippen LogP contribution in [0.4, 0.5) is 0 Å². The van der Waals surface area contributed by atoms with Gasteiger partial charge in [-0.2, -0.15) is 0 Å². The Kier molecular flexibility index (Phi) is 5.42. The van der Waals surface area contributed by atoms with E-state index in [0.717, 1.165) is 44.9 Å².